The summed E-state index contributed by atoms with van der Waals surface area (Å²) in [5.74, 6) is -0.884. The Balaban J connectivity index is 1.53. The number of hydrogen-bond acceptors (Lipinski definition) is 4. The first-order valence-electron chi connectivity index (χ1n) is 10.6. The molecule has 1 amide bonds. The van der Waals surface area contributed by atoms with Crippen LogP contribution in [-0.2, 0) is 40.3 Å². The second kappa shape index (κ2) is 9.61. The van der Waals surface area contributed by atoms with Crippen molar-refractivity contribution in [2.24, 2.45) is 0 Å². The van der Waals surface area contributed by atoms with Crippen molar-refractivity contribution in [2.45, 2.75) is 45.4 Å². The Bertz CT molecular complexity index is 1150. The average Bonchev–Trinajstić information content (AvgIpc) is 3.05. The number of esters is 1. The lowest BCUT2D eigenvalue weighted by atomic mass is 9.91. The van der Waals surface area contributed by atoms with Crippen LogP contribution in [0.15, 0.2) is 42.5 Å². The van der Waals surface area contributed by atoms with Gasteiger partial charge < -0.3 is 19.4 Å². The van der Waals surface area contributed by atoms with E-state index in [9.17, 15) is 14.0 Å². The molecule has 0 radical (unpaired) electrons. The van der Waals surface area contributed by atoms with E-state index < -0.39 is 11.9 Å². The molecule has 168 valence electrons. The summed E-state index contributed by atoms with van der Waals surface area (Å²) in [4.78, 5) is 24.5. The number of ether oxygens (including phenoxy) is 2. The number of alkyl carbamates (subject to hydrolysis) is 1. The van der Waals surface area contributed by atoms with Crippen LogP contribution in [0.3, 0.4) is 0 Å². The molecule has 0 aliphatic heterocycles. The van der Waals surface area contributed by atoms with Gasteiger partial charge in [0, 0.05) is 17.1 Å². The molecule has 1 aliphatic carbocycles. The molecule has 0 saturated heterocycles. The Hall–Kier alpha value is -3.06. The highest BCUT2D eigenvalue weighted by molar-refractivity contribution is 6.31. The van der Waals surface area contributed by atoms with E-state index in [1.54, 1.807) is 13.0 Å². The van der Waals surface area contributed by atoms with E-state index in [-0.39, 0.29) is 36.8 Å². The first-order valence-corrected chi connectivity index (χ1v) is 11.0. The van der Waals surface area contributed by atoms with Crippen LogP contribution in [0.4, 0.5) is 9.18 Å². The summed E-state index contributed by atoms with van der Waals surface area (Å²) in [7, 11) is 0. The van der Waals surface area contributed by atoms with Crippen LogP contribution in [0.1, 0.15) is 30.2 Å². The molecule has 6 nitrogen and oxygen atoms in total. The summed E-state index contributed by atoms with van der Waals surface area (Å²) in [6, 6.07) is 12.2. The minimum absolute atomic E-state index is 0.00313. The van der Waals surface area contributed by atoms with Crippen molar-refractivity contribution in [3.63, 3.8) is 0 Å². The summed E-state index contributed by atoms with van der Waals surface area (Å²) in [6.07, 6.45) is 1.30. The first-order chi connectivity index (χ1) is 15.5. The van der Waals surface area contributed by atoms with Crippen molar-refractivity contribution in [2.75, 3.05) is 6.61 Å². The topological polar surface area (TPSA) is 69.6 Å². The van der Waals surface area contributed by atoms with E-state index in [1.165, 1.54) is 6.07 Å². The van der Waals surface area contributed by atoms with Gasteiger partial charge in [-0.15, -0.1) is 0 Å². The molecule has 3 aromatic rings. The number of carbonyl (C=O) groups is 2. The predicted octanol–water partition coefficient (Wildman–Crippen LogP) is 4.78. The van der Waals surface area contributed by atoms with Gasteiger partial charge in [0.1, 0.15) is 19.0 Å². The Labute approximate surface area is 190 Å². The van der Waals surface area contributed by atoms with E-state index in [1.807, 2.05) is 34.9 Å². The summed E-state index contributed by atoms with van der Waals surface area (Å²) < 4.78 is 26.5. The minimum Gasteiger partial charge on any atom is -0.465 e. The van der Waals surface area contributed by atoms with Crippen LogP contribution in [0.2, 0.25) is 5.02 Å². The molecule has 0 bridgehead atoms. The number of amides is 1. The molecule has 32 heavy (non-hydrogen) atoms. The number of halogens is 2. The van der Waals surface area contributed by atoms with Crippen LogP contribution >= 0.6 is 11.6 Å². The van der Waals surface area contributed by atoms with Gasteiger partial charge in [-0.25, -0.2) is 9.18 Å². The zero-order valence-corrected chi connectivity index (χ0v) is 18.5. The fraction of sp³-hybridized carbons (Fsp3) is 0.333. The van der Waals surface area contributed by atoms with Crippen molar-refractivity contribution in [3.05, 3.63) is 70.1 Å². The third kappa shape index (κ3) is 4.72. The molecule has 4 rings (SSSR count). The molecular weight excluding hydrogens is 435 g/mol. The average molecular weight is 459 g/mol. The molecule has 1 atom stereocenters. The molecule has 1 aliphatic rings. The van der Waals surface area contributed by atoms with E-state index in [0.717, 1.165) is 16.8 Å². The normalized spacial score (nSPS) is 15.3. The largest absolute Gasteiger partial charge is 0.465 e. The Morgan fingerprint density at radius 2 is 2.00 bits per heavy atom. The van der Waals surface area contributed by atoms with Crippen LogP contribution < -0.4 is 5.32 Å². The molecule has 0 unspecified atom stereocenters. The second-order valence-corrected chi connectivity index (χ2v) is 8.15. The van der Waals surface area contributed by atoms with Gasteiger partial charge in [0.15, 0.2) is 0 Å². The fourth-order valence-electron chi connectivity index (χ4n) is 4.21. The third-order valence-corrected chi connectivity index (χ3v) is 5.93. The standard InChI is InChI=1S/C24H24ClFN2O4/c1-2-31-23(29)13-28-21-9-8-16(27-24(30)32-14-15-6-4-3-5-7-15)10-17(21)18-11-20(26)19(25)12-22(18)28/h3-7,11-12,16H,2,8-10,13-14H2,1H3,(H,27,30)/t16-/m0/s1. The maximum absolute atomic E-state index is 14.3. The van der Waals surface area contributed by atoms with Gasteiger partial charge in [-0.3, -0.25) is 4.79 Å². The van der Waals surface area contributed by atoms with Crippen LogP contribution in [0.25, 0.3) is 10.9 Å². The van der Waals surface area contributed by atoms with Crippen LogP contribution in [0.5, 0.6) is 0 Å². The van der Waals surface area contributed by atoms with Crippen molar-refractivity contribution in [1.82, 2.24) is 9.88 Å². The van der Waals surface area contributed by atoms with Gasteiger partial charge in [0.05, 0.1) is 17.1 Å². The summed E-state index contributed by atoms with van der Waals surface area (Å²) in [5, 5.41) is 3.60. The Morgan fingerprint density at radius 1 is 1.22 bits per heavy atom. The highest BCUT2D eigenvalue weighted by Crippen LogP contribution is 2.35. The quantitative estimate of drug-likeness (QED) is 0.540. The number of carbonyl (C=O) groups excluding carboxylic acids is 2. The molecule has 2 aromatic carbocycles. The van der Waals surface area contributed by atoms with E-state index in [0.29, 0.717) is 30.2 Å². The van der Waals surface area contributed by atoms with Gasteiger partial charge in [0.2, 0.25) is 0 Å². The maximum Gasteiger partial charge on any atom is 0.407 e. The lowest BCUT2D eigenvalue weighted by Crippen LogP contribution is -2.39. The van der Waals surface area contributed by atoms with Crippen molar-refractivity contribution in [3.8, 4) is 0 Å². The van der Waals surface area contributed by atoms with Gasteiger partial charge >= 0.3 is 12.1 Å². The number of benzene rings is 2. The second-order valence-electron chi connectivity index (χ2n) is 7.75. The highest BCUT2D eigenvalue weighted by atomic mass is 35.5. The fourth-order valence-corrected chi connectivity index (χ4v) is 4.37. The van der Waals surface area contributed by atoms with Gasteiger partial charge in [-0.1, -0.05) is 41.9 Å². The molecular formula is C24H24ClFN2O4. The molecule has 1 heterocycles. The minimum atomic E-state index is -0.521. The summed E-state index contributed by atoms with van der Waals surface area (Å²) in [5.41, 5.74) is 3.43. The van der Waals surface area contributed by atoms with Gasteiger partial charge in [-0.2, -0.15) is 0 Å². The SMILES string of the molecule is CCOC(=O)Cn1c2c(c3cc(F)c(Cl)cc31)C[C@@H](NC(=O)OCc1ccccc1)CC2. The molecule has 0 fully saturated rings. The number of nitrogens with one attached hydrogen (secondary N) is 1. The van der Waals surface area contributed by atoms with Gasteiger partial charge in [0.25, 0.3) is 0 Å². The lowest BCUT2D eigenvalue weighted by molar-refractivity contribution is -0.143. The van der Waals surface area contributed by atoms with Gasteiger partial charge in [-0.05, 0) is 49.4 Å². The third-order valence-electron chi connectivity index (χ3n) is 5.64. The predicted molar refractivity (Wildman–Crippen MR) is 119 cm³/mol. The first kappa shape index (κ1) is 22.1. The highest BCUT2D eigenvalue weighted by Gasteiger charge is 2.28. The molecule has 8 heteroatoms. The van der Waals surface area contributed by atoms with Crippen molar-refractivity contribution < 1.29 is 23.5 Å². The molecule has 0 saturated carbocycles. The van der Waals surface area contributed by atoms with E-state index in [2.05, 4.69) is 5.32 Å². The Morgan fingerprint density at radius 3 is 2.75 bits per heavy atom. The molecule has 1 N–H and O–H groups in total. The molecule has 1 aromatic heterocycles. The lowest BCUT2D eigenvalue weighted by Gasteiger charge is -2.24. The number of rotatable bonds is 6. The monoisotopic (exact) mass is 458 g/mol. The maximum atomic E-state index is 14.3. The smallest absolute Gasteiger partial charge is 0.407 e. The van der Waals surface area contributed by atoms with Crippen LogP contribution in [0, 0.1) is 5.82 Å². The summed E-state index contributed by atoms with van der Waals surface area (Å²) in [6.45, 7) is 2.25. The Kier molecular flexibility index (Phi) is 6.65. The summed E-state index contributed by atoms with van der Waals surface area (Å²) >= 11 is 6.03. The zero-order chi connectivity index (χ0) is 22.7. The van der Waals surface area contributed by atoms with E-state index in [4.69, 9.17) is 21.1 Å². The van der Waals surface area contributed by atoms with Crippen LogP contribution in [-0.4, -0.2) is 29.3 Å². The van der Waals surface area contributed by atoms with Crippen molar-refractivity contribution in [1.29, 1.82) is 0 Å². The zero-order valence-electron chi connectivity index (χ0n) is 17.7. The number of hydrogen-bond donors (Lipinski definition) is 1. The number of nitrogens with zero attached hydrogens (tertiary/aromatic N) is 1. The molecule has 0 spiro atoms. The van der Waals surface area contributed by atoms with Crippen molar-refractivity contribution >= 4 is 34.6 Å². The number of fused-ring (bicyclic) bond motifs is 3. The van der Waals surface area contributed by atoms with E-state index >= 15 is 0 Å². The number of aromatic nitrogens is 1.